The van der Waals surface area contributed by atoms with E-state index in [1.165, 1.54) is 12.8 Å². The van der Waals surface area contributed by atoms with Crippen LogP contribution >= 0.6 is 0 Å². The van der Waals surface area contributed by atoms with Gasteiger partial charge in [-0.3, -0.25) is 4.79 Å². The van der Waals surface area contributed by atoms with Crippen molar-refractivity contribution in [3.8, 4) is 0 Å². The van der Waals surface area contributed by atoms with Crippen molar-refractivity contribution in [1.29, 1.82) is 0 Å². The zero-order valence-electron chi connectivity index (χ0n) is 11.5. The Morgan fingerprint density at radius 3 is 2.78 bits per heavy atom. The Balaban J connectivity index is 2.09. The Bertz CT molecular complexity index is 250. The van der Waals surface area contributed by atoms with Gasteiger partial charge in [-0.1, -0.05) is 12.5 Å². The van der Waals surface area contributed by atoms with Crippen LogP contribution in [0.2, 0.25) is 0 Å². The lowest BCUT2D eigenvalue weighted by molar-refractivity contribution is -0.137. The number of ether oxygens (including phenoxy) is 1. The second kappa shape index (κ2) is 9.11. The van der Waals surface area contributed by atoms with E-state index in [-0.39, 0.29) is 11.9 Å². The molecule has 1 saturated heterocycles. The lowest BCUT2D eigenvalue weighted by atomic mass is 10.2. The number of nitrogens with zero attached hydrogens (tertiary/aromatic N) is 1. The normalized spacial score (nSPS) is 17.5. The van der Waals surface area contributed by atoms with Gasteiger partial charge in [-0.25, -0.2) is 0 Å². The van der Waals surface area contributed by atoms with Gasteiger partial charge in [0.1, 0.15) is 0 Å². The van der Waals surface area contributed by atoms with E-state index in [0.29, 0.717) is 13.2 Å². The highest BCUT2D eigenvalue weighted by molar-refractivity contribution is 5.81. The zero-order valence-corrected chi connectivity index (χ0v) is 11.5. The van der Waals surface area contributed by atoms with Crippen LogP contribution in [0.4, 0.5) is 0 Å². The van der Waals surface area contributed by atoms with Crippen LogP contribution in [0.1, 0.15) is 32.6 Å². The van der Waals surface area contributed by atoms with Gasteiger partial charge >= 0.3 is 0 Å². The number of unbranched alkanes of at least 4 members (excludes halogenated alkanes) is 3. The van der Waals surface area contributed by atoms with Gasteiger partial charge in [0.15, 0.2) is 0 Å². The predicted molar refractivity (Wildman–Crippen MR) is 73.5 cm³/mol. The standard InChI is InChI=1S/C14H26N2O2/c1-3-4-5-6-7-8-15-13(2)14(17)16-9-11-18-12-10-16/h3,13,15H,1,4-12H2,2H3. The molecular formula is C14H26N2O2. The fraction of sp³-hybridized carbons (Fsp3) is 0.786. The van der Waals surface area contributed by atoms with E-state index in [1.807, 2.05) is 17.9 Å². The third-order valence-corrected chi connectivity index (χ3v) is 3.23. The first-order chi connectivity index (χ1) is 8.75. The second-order valence-corrected chi connectivity index (χ2v) is 4.75. The molecule has 1 unspecified atom stereocenters. The first kappa shape index (κ1) is 15.2. The van der Waals surface area contributed by atoms with Gasteiger partial charge in [-0.15, -0.1) is 6.58 Å². The monoisotopic (exact) mass is 254 g/mol. The Morgan fingerprint density at radius 1 is 1.39 bits per heavy atom. The molecular weight excluding hydrogens is 228 g/mol. The summed E-state index contributed by atoms with van der Waals surface area (Å²) >= 11 is 0. The van der Waals surface area contributed by atoms with Gasteiger partial charge < -0.3 is 15.0 Å². The first-order valence-corrected chi connectivity index (χ1v) is 6.96. The van der Waals surface area contributed by atoms with Crippen LogP contribution in [0.5, 0.6) is 0 Å². The van der Waals surface area contributed by atoms with Gasteiger partial charge in [0, 0.05) is 13.1 Å². The molecule has 0 aromatic heterocycles. The van der Waals surface area contributed by atoms with Crippen molar-refractivity contribution in [2.24, 2.45) is 0 Å². The number of amides is 1. The van der Waals surface area contributed by atoms with Crippen molar-refractivity contribution in [3.63, 3.8) is 0 Å². The predicted octanol–water partition coefficient (Wildman–Crippen LogP) is 1.57. The highest BCUT2D eigenvalue weighted by atomic mass is 16.5. The number of nitrogens with one attached hydrogen (secondary N) is 1. The maximum absolute atomic E-state index is 12.1. The number of hydrogen-bond acceptors (Lipinski definition) is 3. The summed E-state index contributed by atoms with van der Waals surface area (Å²) in [6.45, 7) is 9.35. The molecule has 1 aliphatic heterocycles. The molecule has 1 N–H and O–H groups in total. The molecule has 0 saturated carbocycles. The minimum Gasteiger partial charge on any atom is -0.378 e. The molecule has 1 heterocycles. The van der Waals surface area contributed by atoms with Gasteiger partial charge in [0.2, 0.25) is 5.91 Å². The van der Waals surface area contributed by atoms with Crippen molar-refractivity contribution in [2.45, 2.75) is 38.6 Å². The zero-order chi connectivity index (χ0) is 13.2. The molecule has 0 spiro atoms. The molecule has 0 radical (unpaired) electrons. The molecule has 104 valence electrons. The number of hydrogen-bond donors (Lipinski definition) is 1. The van der Waals surface area contributed by atoms with Crippen molar-refractivity contribution in [1.82, 2.24) is 10.2 Å². The molecule has 1 amide bonds. The molecule has 4 heteroatoms. The van der Waals surface area contributed by atoms with Crippen LogP contribution in [0.25, 0.3) is 0 Å². The Labute approximate surface area is 110 Å². The van der Waals surface area contributed by atoms with E-state index in [9.17, 15) is 4.79 Å². The topological polar surface area (TPSA) is 41.6 Å². The van der Waals surface area contributed by atoms with Crippen LogP contribution in [-0.2, 0) is 9.53 Å². The van der Waals surface area contributed by atoms with E-state index >= 15 is 0 Å². The van der Waals surface area contributed by atoms with Crippen LogP contribution in [0.3, 0.4) is 0 Å². The summed E-state index contributed by atoms with van der Waals surface area (Å²) < 4.78 is 5.24. The van der Waals surface area contributed by atoms with E-state index in [1.54, 1.807) is 0 Å². The quantitative estimate of drug-likeness (QED) is 0.528. The average molecular weight is 254 g/mol. The SMILES string of the molecule is C=CCCCCCNC(C)C(=O)N1CCOCC1. The smallest absolute Gasteiger partial charge is 0.239 e. The number of carbonyl (C=O) groups excluding carboxylic acids is 1. The minimum absolute atomic E-state index is 0.0810. The van der Waals surface area contributed by atoms with Crippen LogP contribution < -0.4 is 5.32 Å². The maximum Gasteiger partial charge on any atom is 0.239 e. The van der Waals surface area contributed by atoms with Crippen molar-refractivity contribution >= 4 is 5.91 Å². The van der Waals surface area contributed by atoms with E-state index in [0.717, 1.165) is 32.5 Å². The molecule has 1 atom stereocenters. The summed E-state index contributed by atoms with van der Waals surface area (Å²) in [5.41, 5.74) is 0. The van der Waals surface area contributed by atoms with E-state index in [4.69, 9.17) is 4.74 Å². The van der Waals surface area contributed by atoms with Crippen LogP contribution in [0, 0.1) is 0 Å². The summed E-state index contributed by atoms with van der Waals surface area (Å²) in [6, 6.07) is -0.0810. The highest BCUT2D eigenvalue weighted by Crippen LogP contribution is 2.02. The summed E-state index contributed by atoms with van der Waals surface area (Å²) in [5.74, 6) is 0.199. The van der Waals surface area contributed by atoms with Gasteiger partial charge in [-0.2, -0.15) is 0 Å². The summed E-state index contributed by atoms with van der Waals surface area (Å²) in [5, 5.41) is 3.30. The molecule has 18 heavy (non-hydrogen) atoms. The molecule has 0 aliphatic carbocycles. The first-order valence-electron chi connectivity index (χ1n) is 6.96. The summed E-state index contributed by atoms with van der Waals surface area (Å²) in [4.78, 5) is 13.9. The van der Waals surface area contributed by atoms with E-state index < -0.39 is 0 Å². The van der Waals surface area contributed by atoms with Crippen LogP contribution in [0.15, 0.2) is 12.7 Å². The van der Waals surface area contributed by atoms with Gasteiger partial charge in [0.25, 0.3) is 0 Å². The lowest BCUT2D eigenvalue weighted by Crippen LogP contribution is -2.49. The van der Waals surface area contributed by atoms with Crippen molar-refractivity contribution < 1.29 is 9.53 Å². The second-order valence-electron chi connectivity index (χ2n) is 4.75. The van der Waals surface area contributed by atoms with E-state index in [2.05, 4.69) is 11.9 Å². The van der Waals surface area contributed by atoms with Crippen molar-refractivity contribution in [2.75, 3.05) is 32.8 Å². The molecule has 0 aromatic carbocycles. The highest BCUT2D eigenvalue weighted by Gasteiger charge is 2.21. The number of carbonyl (C=O) groups is 1. The summed E-state index contributed by atoms with van der Waals surface area (Å²) in [6.07, 6.45) is 6.54. The average Bonchev–Trinajstić information content (AvgIpc) is 2.42. The third-order valence-electron chi connectivity index (χ3n) is 3.23. The Morgan fingerprint density at radius 2 is 2.11 bits per heavy atom. The molecule has 1 rings (SSSR count). The number of morpholine rings is 1. The van der Waals surface area contributed by atoms with Gasteiger partial charge in [0.05, 0.1) is 19.3 Å². The largest absolute Gasteiger partial charge is 0.378 e. The fourth-order valence-electron chi connectivity index (χ4n) is 2.05. The number of rotatable bonds is 8. The van der Waals surface area contributed by atoms with Gasteiger partial charge in [-0.05, 0) is 32.7 Å². The minimum atomic E-state index is -0.0810. The van der Waals surface area contributed by atoms with Crippen LogP contribution in [-0.4, -0.2) is 49.7 Å². The lowest BCUT2D eigenvalue weighted by Gasteiger charge is -2.29. The number of allylic oxidation sites excluding steroid dienone is 1. The maximum atomic E-state index is 12.1. The third kappa shape index (κ3) is 5.65. The molecule has 0 aromatic rings. The molecule has 1 fully saturated rings. The fourth-order valence-corrected chi connectivity index (χ4v) is 2.05. The molecule has 0 bridgehead atoms. The summed E-state index contributed by atoms with van der Waals surface area (Å²) in [7, 11) is 0. The molecule has 1 aliphatic rings. The van der Waals surface area contributed by atoms with Crippen molar-refractivity contribution in [3.05, 3.63) is 12.7 Å². The molecule has 4 nitrogen and oxygen atoms in total. The Kier molecular flexibility index (Phi) is 7.69. The Hall–Kier alpha value is -0.870.